The molecule has 0 spiro atoms. The van der Waals surface area contributed by atoms with E-state index in [4.69, 9.17) is 17.3 Å². The first kappa shape index (κ1) is 13.7. The Balaban J connectivity index is 2.07. The van der Waals surface area contributed by atoms with Crippen LogP contribution in [0.2, 0.25) is 5.02 Å². The quantitative estimate of drug-likeness (QED) is 0.898. The summed E-state index contributed by atoms with van der Waals surface area (Å²) < 4.78 is 0. The smallest absolute Gasteiger partial charge is 0.0471 e. The summed E-state index contributed by atoms with van der Waals surface area (Å²) in [5.74, 6) is 0.909. The number of nitrogens with two attached hydrogens (primary N) is 1. The standard InChI is InChI=1S/C15H23ClN2/c1-2-4-12-7-9-18(10-8-12)15-6-3-5-14(16)13(15)11-17/h3,5-6,12H,2,4,7-11,17H2,1H3. The molecule has 100 valence electrons. The molecule has 1 aliphatic heterocycles. The third-order valence-electron chi connectivity index (χ3n) is 3.95. The molecule has 1 aliphatic rings. The van der Waals surface area contributed by atoms with Gasteiger partial charge in [0.1, 0.15) is 0 Å². The molecule has 0 radical (unpaired) electrons. The zero-order chi connectivity index (χ0) is 13.0. The second-order valence-electron chi connectivity index (χ2n) is 5.16. The van der Waals surface area contributed by atoms with Crippen LogP contribution in [0, 0.1) is 5.92 Å². The lowest BCUT2D eigenvalue weighted by molar-refractivity contribution is 0.378. The van der Waals surface area contributed by atoms with E-state index in [1.165, 1.54) is 31.4 Å². The largest absolute Gasteiger partial charge is 0.371 e. The lowest BCUT2D eigenvalue weighted by atomic mass is 9.92. The van der Waals surface area contributed by atoms with Gasteiger partial charge in [-0.25, -0.2) is 0 Å². The van der Waals surface area contributed by atoms with Crippen LogP contribution in [0.5, 0.6) is 0 Å². The Bertz CT molecular complexity index is 384. The second-order valence-corrected chi connectivity index (χ2v) is 5.57. The van der Waals surface area contributed by atoms with Gasteiger partial charge in [0.05, 0.1) is 0 Å². The van der Waals surface area contributed by atoms with Crippen LogP contribution in [0.1, 0.15) is 38.2 Å². The molecule has 0 aromatic heterocycles. The van der Waals surface area contributed by atoms with Crippen LogP contribution >= 0.6 is 11.6 Å². The fourth-order valence-electron chi connectivity index (χ4n) is 2.92. The molecule has 1 aromatic rings. The van der Waals surface area contributed by atoms with Crippen LogP contribution in [0.25, 0.3) is 0 Å². The topological polar surface area (TPSA) is 29.3 Å². The summed E-state index contributed by atoms with van der Waals surface area (Å²) in [5.41, 5.74) is 8.15. The van der Waals surface area contributed by atoms with Crippen molar-refractivity contribution in [3.05, 3.63) is 28.8 Å². The highest BCUT2D eigenvalue weighted by atomic mass is 35.5. The van der Waals surface area contributed by atoms with Gasteiger partial charge in [0.15, 0.2) is 0 Å². The van der Waals surface area contributed by atoms with Crippen molar-refractivity contribution in [2.45, 2.75) is 39.2 Å². The van der Waals surface area contributed by atoms with Crippen molar-refractivity contribution < 1.29 is 0 Å². The number of hydrogen-bond donors (Lipinski definition) is 1. The van der Waals surface area contributed by atoms with Crippen LogP contribution in [0.4, 0.5) is 5.69 Å². The highest BCUT2D eigenvalue weighted by molar-refractivity contribution is 6.31. The summed E-state index contributed by atoms with van der Waals surface area (Å²) in [5, 5.41) is 0.797. The van der Waals surface area contributed by atoms with E-state index in [-0.39, 0.29) is 0 Å². The monoisotopic (exact) mass is 266 g/mol. The molecule has 2 N–H and O–H groups in total. The van der Waals surface area contributed by atoms with Gasteiger partial charge < -0.3 is 10.6 Å². The molecule has 0 bridgehead atoms. The Hall–Kier alpha value is -0.730. The summed E-state index contributed by atoms with van der Waals surface area (Å²) in [6.07, 6.45) is 5.26. The molecule has 0 saturated carbocycles. The van der Waals surface area contributed by atoms with E-state index in [2.05, 4.69) is 17.9 Å². The Morgan fingerprint density at radius 2 is 2.06 bits per heavy atom. The normalized spacial score (nSPS) is 17.2. The van der Waals surface area contributed by atoms with Gasteiger partial charge in [0.2, 0.25) is 0 Å². The fourth-order valence-corrected chi connectivity index (χ4v) is 3.16. The van der Waals surface area contributed by atoms with E-state index in [0.29, 0.717) is 6.54 Å². The number of nitrogens with zero attached hydrogens (tertiary/aromatic N) is 1. The Morgan fingerprint density at radius 1 is 1.33 bits per heavy atom. The third kappa shape index (κ3) is 2.99. The van der Waals surface area contributed by atoms with Gasteiger partial charge in [0.25, 0.3) is 0 Å². The van der Waals surface area contributed by atoms with E-state index < -0.39 is 0 Å². The van der Waals surface area contributed by atoms with Crippen LogP contribution in [0.15, 0.2) is 18.2 Å². The molecule has 1 heterocycles. The van der Waals surface area contributed by atoms with Gasteiger partial charge in [-0.1, -0.05) is 37.4 Å². The van der Waals surface area contributed by atoms with Gasteiger partial charge in [-0.3, -0.25) is 0 Å². The minimum atomic E-state index is 0.518. The maximum atomic E-state index is 6.22. The zero-order valence-electron chi connectivity index (χ0n) is 11.2. The molecule has 1 saturated heterocycles. The minimum absolute atomic E-state index is 0.518. The van der Waals surface area contributed by atoms with Crippen molar-refractivity contribution in [3.63, 3.8) is 0 Å². The first-order valence-corrected chi connectivity index (χ1v) is 7.36. The van der Waals surface area contributed by atoms with Crippen LogP contribution in [-0.2, 0) is 6.54 Å². The molecule has 2 nitrogen and oxygen atoms in total. The number of rotatable bonds is 4. The summed E-state index contributed by atoms with van der Waals surface area (Å²) in [6.45, 7) is 5.07. The van der Waals surface area contributed by atoms with Crippen molar-refractivity contribution >= 4 is 17.3 Å². The van der Waals surface area contributed by atoms with Crippen molar-refractivity contribution in [2.75, 3.05) is 18.0 Å². The fraction of sp³-hybridized carbons (Fsp3) is 0.600. The number of anilines is 1. The molecule has 0 atom stereocenters. The SMILES string of the molecule is CCCC1CCN(c2cccc(Cl)c2CN)CC1. The van der Waals surface area contributed by atoms with Gasteiger partial charge in [-0.05, 0) is 30.9 Å². The molecule has 1 fully saturated rings. The van der Waals surface area contributed by atoms with E-state index in [1.54, 1.807) is 0 Å². The average molecular weight is 267 g/mol. The molecule has 2 rings (SSSR count). The third-order valence-corrected chi connectivity index (χ3v) is 4.30. The number of benzene rings is 1. The molecule has 1 aromatic carbocycles. The Morgan fingerprint density at radius 3 is 2.67 bits per heavy atom. The summed E-state index contributed by atoms with van der Waals surface area (Å²) in [7, 11) is 0. The van der Waals surface area contributed by atoms with Crippen LogP contribution < -0.4 is 10.6 Å². The van der Waals surface area contributed by atoms with Gasteiger partial charge in [0, 0.05) is 35.9 Å². The maximum absolute atomic E-state index is 6.22. The van der Waals surface area contributed by atoms with Gasteiger partial charge in [-0.15, -0.1) is 0 Å². The zero-order valence-corrected chi connectivity index (χ0v) is 11.9. The van der Waals surface area contributed by atoms with E-state index >= 15 is 0 Å². The summed E-state index contributed by atoms with van der Waals surface area (Å²) >= 11 is 6.22. The Kier molecular flexibility index (Phi) is 4.90. The minimum Gasteiger partial charge on any atom is -0.371 e. The van der Waals surface area contributed by atoms with Gasteiger partial charge >= 0.3 is 0 Å². The van der Waals surface area contributed by atoms with Crippen LogP contribution in [0.3, 0.4) is 0 Å². The highest BCUT2D eigenvalue weighted by Gasteiger charge is 2.20. The van der Waals surface area contributed by atoms with Crippen molar-refractivity contribution in [1.82, 2.24) is 0 Å². The number of halogens is 1. The molecule has 0 unspecified atom stereocenters. The van der Waals surface area contributed by atoms with E-state index in [9.17, 15) is 0 Å². The molecule has 0 amide bonds. The van der Waals surface area contributed by atoms with Crippen LogP contribution in [-0.4, -0.2) is 13.1 Å². The van der Waals surface area contributed by atoms with E-state index in [0.717, 1.165) is 29.6 Å². The predicted octanol–water partition coefficient (Wildman–Crippen LogP) is 3.82. The lowest BCUT2D eigenvalue weighted by Gasteiger charge is -2.35. The first-order valence-electron chi connectivity index (χ1n) is 6.98. The number of hydrogen-bond acceptors (Lipinski definition) is 2. The van der Waals surface area contributed by atoms with Crippen molar-refractivity contribution in [1.29, 1.82) is 0 Å². The predicted molar refractivity (Wildman–Crippen MR) is 79.2 cm³/mol. The molecule has 0 aliphatic carbocycles. The molecule has 18 heavy (non-hydrogen) atoms. The summed E-state index contributed by atoms with van der Waals surface area (Å²) in [6, 6.07) is 6.10. The summed E-state index contributed by atoms with van der Waals surface area (Å²) in [4.78, 5) is 2.44. The molecular weight excluding hydrogens is 244 g/mol. The average Bonchev–Trinajstić information content (AvgIpc) is 2.40. The first-order chi connectivity index (χ1) is 8.76. The maximum Gasteiger partial charge on any atom is 0.0471 e. The molecule has 3 heteroatoms. The van der Waals surface area contributed by atoms with Gasteiger partial charge in [-0.2, -0.15) is 0 Å². The van der Waals surface area contributed by atoms with E-state index in [1.807, 2.05) is 12.1 Å². The number of piperidine rings is 1. The van der Waals surface area contributed by atoms with Crippen molar-refractivity contribution in [2.24, 2.45) is 11.7 Å². The lowest BCUT2D eigenvalue weighted by Crippen LogP contribution is -2.34. The Labute approximate surface area is 115 Å². The van der Waals surface area contributed by atoms with Crippen molar-refractivity contribution in [3.8, 4) is 0 Å². The molecular formula is C15H23ClN2. The second kappa shape index (κ2) is 6.44. The highest BCUT2D eigenvalue weighted by Crippen LogP contribution is 2.31.